The van der Waals surface area contributed by atoms with Crippen molar-refractivity contribution in [2.75, 3.05) is 6.61 Å². The molecule has 0 radical (unpaired) electrons. The molecule has 0 aliphatic carbocycles. The van der Waals surface area contributed by atoms with E-state index in [0.717, 1.165) is 19.3 Å². The highest BCUT2D eigenvalue weighted by Crippen LogP contribution is 2.17. The van der Waals surface area contributed by atoms with E-state index in [0.29, 0.717) is 6.61 Å². The smallest absolute Gasteiger partial charge is 0.339 e. The molecule has 1 rings (SSSR count). The van der Waals surface area contributed by atoms with E-state index in [1.165, 1.54) is 25.7 Å². The first-order valence-corrected chi connectivity index (χ1v) is 9.98. The van der Waals surface area contributed by atoms with E-state index >= 15 is 0 Å². The van der Waals surface area contributed by atoms with E-state index < -0.39 is 11.9 Å². The minimum Gasteiger partial charge on any atom is -0.462 e. The first-order chi connectivity index (χ1) is 12.5. The molecule has 0 spiro atoms. The molecule has 1 unspecified atom stereocenters. The molecule has 26 heavy (non-hydrogen) atoms. The highest BCUT2D eigenvalue weighted by molar-refractivity contribution is 6.03. The number of carbonyl (C=O) groups is 2. The van der Waals surface area contributed by atoms with Crippen LogP contribution in [0.2, 0.25) is 0 Å². The van der Waals surface area contributed by atoms with E-state index in [4.69, 9.17) is 9.47 Å². The van der Waals surface area contributed by atoms with Gasteiger partial charge in [-0.25, -0.2) is 9.59 Å². The van der Waals surface area contributed by atoms with Crippen LogP contribution in [0, 0.1) is 5.92 Å². The Labute approximate surface area is 158 Å². The summed E-state index contributed by atoms with van der Waals surface area (Å²) in [5.74, 6) is -0.683. The van der Waals surface area contributed by atoms with Crippen molar-refractivity contribution in [1.29, 1.82) is 0 Å². The molecule has 0 saturated heterocycles. The molecule has 0 aliphatic heterocycles. The molecule has 0 saturated carbocycles. The Kier molecular flexibility index (Phi) is 10.7. The average molecular weight is 363 g/mol. The normalized spacial score (nSPS) is 12.0. The monoisotopic (exact) mass is 362 g/mol. The quantitative estimate of drug-likeness (QED) is 0.348. The number of benzene rings is 1. The number of rotatable bonds is 12. The van der Waals surface area contributed by atoms with Gasteiger partial charge in [-0.15, -0.1) is 0 Å². The van der Waals surface area contributed by atoms with E-state index in [1.807, 2.05) is 20.8 Å². The van der Waals surface area contributed by atoms with Crippen LogP contribution in [0.4, 0.5) is 0 Å². The van der Waals surface area contributed by atoms with Crippen molar-refractivity contribution in [3.63, 3.8) is 0 Å². The fraction of sp³-hybridized carbons (Fsp3) is 0.636. The summed E-state index contributed by atoms with van der Waals surface area (Å²) in [4.78, 5) is 24.9. The summed E-state index contributed by atoms with van der Waals surface area (Å²) in [6.45, 7) is 8.59. The van der Waals surface area contributed by atoms with Gasteiger partial charge in [0.1, 0.15) is 6.10 Å². The van der Waals surface area contributed by atoms with Gasteiger partial charge >= 0.3 is 11.9 Å². The molecule has 1 aromatic carbocycles. The summed E-state index contributed by atoms with van der Waals surface area (Å²) in [7, 11) is 0. The lowest BCUT2D eigenvalue weighted by molar-refractivity contribution is 0.0167. The predicted octanol–water partition coefficient (Wildman–Crippen LogP) is 5.80. The standard InChI is InChI=1S/C22H34O4/c1-5-7-8-9-10-13-16-25-21(23)18-14-11-12-15-19(18)22(24)26-20(6-2)17(3)4/h11-12,14-15,17,20H,5-10,13,16H2,1-4H3. The fourth-order valence-corrected chi connectivity index (χ4v) is 2.86. The van der Waals surface area contributed by atoms with Crippen molar-refractivity contribution in [2.24, 2.45) is 5.92 Å². The van der Waals surface area contributed by atoms with Crippen LogP contribution in [0.3, 0.4) is 0 Å². The van der Waals surface area contributed by atoms with E-state index in [9.17, 15) is 9.59 Å². The molecule has 4 heteroatoms. The molecule has 4 nitrogen and oxygen atoms in total. The fourth-order valence-electron chi connectivity index (χ4n) is 2.86. The summed E-state index contributed by atoms with van der Waals surface area (Å²) < 4.78 is 10.9. The van der Waals surface area contributed by atoms with Gasteiger partial charge in [0.05, 0.1) is 17.7 Å². The van der Waals surface area contributed by atoms with Crippen LogP contribution in [0.5, 0.6) is 0 Å². The molecule has 0 bridgehead atoms. The first kappa shape index (κ1) is 22.2. The molecule has 1 atom stereocenters. The lowest BCUT2D eigenvalue weighted by Crippen LogP contribution is -2.24. The van der Waals surface area contributed by atoms with E-state index in [-0.39, 0.29) is 23.1 Å². The first-order valence-electron chi connectivity index (χ1n) is 9.98. The summed E-state index contributed by atoms with van der Waals surface area (Å²) in [5, 5.41) is 0. The maximum absolute atomic E-state index is 12.5. The van der Waals surface area contributed by atoms with Gasteiger partial charge in [-0.3, -0.25) is 0 Å². The molecule has 0 aromatic heterocycles. The zero-order chi connectivity index (χ0) is 19.4. The Morgan fingerprint density at radius 3 is 2.04 bits per heavy atom. The largest absolute Gasteiger partial charge is 0.462 e. The van der Waals surface area contributed by atoms with Crippen molar-refractivity contribution in [1.82, 2.24) is 0 Å². The molecule has 0 aliphatic rings. The summed E-state index contributed by atoms with van der Waals surface area (Å²) in [6, 6.07) is 6.71. The number of esters is 2. The second kappa shape index (κ2) is 12.5. The zero-order valence-corrected chi connectivity index (χ0v) is 16.8. The van der Waals surface area contributed by atoms with Crippen LogP contribution in [0.15, 0.2) is 24.3 Å². The second-order valence-corrected chi connectivity index (χ2v) is 7.05. The van der Waals surface area contributed by atoms with Crippen molar-refractivity contribution < 1.29 is 19.1 Å². The highest BCUT2D eigenvalue weighted by Gasteiger charge is 2.22. The molecule has 0 N–H and O–H groups in total. The third-order valence-corrected chi connectivity index (χ3v) is 4.50. The number of hydrogen-bond acceptors (Lipinski definition) is 4. The minimum atomic E-state index is -0.460. The van der Waals surface area contributed by atoms with Gasteiger partial charge in [0.25, 0.3) is 0 Å². The van der Waals surface area contributed by atoms with Crippen LogP contribution in [0.25, 0.3) is 0 Å². The predicted molar refractivity (Wildman–Crippen MR) is 104 cm³/mol. The number of carbonyl (C=O) groups excluding carboxylic acids is 2. The summed E-state index contributed by atoms with van der Waals surface area (Å²) in [6.07, 6.45) is 7.37. The lowest BCUT2D eigenvalue weighted by atomic mass is 10.0. The number of ether oxygens (including phenoxy) is 2. The second-order valence-electron chi connectivity index (χ2n) is 7.05. The Morgan fingerprint density at radius 2 is 1.46 bits per heavy atom. The van der Waals surface area contributed by atoms with Crippen LogP contribution in [0.1, 0.15) is 93.4 Å². The topological polar surface area (TPSA) is 52.6 Å². The zero-order valence-electron chi connectivity index (χ0n) is 16.8. The van der Waals surface area contributed by atoms with Gasteiger partial charge < -0.3 is 9.47 Å². The van der Waals surface area contributed by atoms with Crippen molar-refractivity contribution >= 4 is 11.9 Å². The van der Waals surface area contributed by atoms with Gasteiger partial charge in [-0.05, 0) is 30.9 Å². The molecule has 0 heterocycles. The third-order valence-electron chi connectivity index (χ3n) is 4.50. The van der Waals surface area contributed by atoms with Crippen molar-refractivity contribution in [3.8, 4) is 0 Å². The Hall–Kier alpha value is -1.84. The van der Waals surface area contributed by atoms with Crippen LogP contribution < -0.4 is 0 Å². The Morgan fingerprint density at radius 1 is 0.885 bits per heavy atom. The van der Waals surface area contributed by atoms with E-state index in [1.54, 1.807) is 24.3 Å². The molecular weight excluding hydrogens is 328 g/mol. The van der Waals surface area contributed by atoms with Gasteiger partial charge in [0, 0.05) is 0 Å². The molecule has 1 aromatic rings. The van der Waals surface area contributed by atoms with Gasteiger partial charge in [-0.2, -0.15) is 0 Å². The maximum Gasteiger partial charge on any atom is 0.339 e. The lowest BCUT2D eigenvalue weighted by Gasteiger charge is -2.20. The minimum absolute atomic E-state index is 0.158. The molecule has 0 fully saturated rings. The van der Waals surface area contributed by atoms with Crippen molar-refractivity contribution in [2.45, 2.75) is 78.7 Å². The summed E-state index contributed by atoms with van der Waals surface area (Å²) in [5.41, 5.74) is 0.557. The molecular formula is C22H34O4. The van der Waals surface area contributed by atoms with Gasteiger partial charge in [0.15, 0.2) is 0 Å². The van der Waals surface area contributed by atoms with Gasteiger partial charge in [-0.1, -0.05) is 71.9 Å². The average Bonchev–Trinajstić information content (AvgIpc) is 2.64. The number of hydrogen-bond donors (Lipinski definition) is 0. The third kappa shape index (κ3) is 7.59. The number of unbranched alkanes of at least 4 members (excludes halogenated alkanes) is 5. The summed E-state index contributed by atoms with van der Waals surface area (Å²) >= 11 is 0. The van der Waals surface area contributed by atoms with Crippen molar-refractivity contribution in [3.05, 3.63) is 35.4 Å². The van der Waals surface area contributed by atoms with Crippen LogP contribution in [-0.4, -0.2) is 24.6 Å². The molecule has 146 valence electrons. The maximum atomic E-state index is 12.5. The molecule has 0 amide bonds. The van der Waals surface area contributed by atoms with Crippen LogP contribution in [-0.2, 0) is 9.47 Å². The SMILES string of the molecule is CCCCCCCCOC(=O)c1ccccc1C(=O)OC(CC)C(C)C. The highest BCUT2D eigenvalue weighted by atomic mass is 16.5. The van der Waals surface area contributed by atoms with E-state index in [2.05, 4.69) is 6.92 Å². The van der Waals surface area contributed by atoms with Crippen LogP contribution >= 0.6 is 0 Å². The van der Waals surface area contributed by atoms with Gasteiger partial charge in [0.2, 0.25) is 0 Å². The Bertz CT molecular complexity index is 551. The Balaban J connectivity index is 2.59.